The number of hydrogen-bond acceptors (Lipinski definition) is 8. The molecule has 5 rings (SSSR count). The van der Waals surface area contributed by atoms with Crippen LogP contribution in [0.3, 0.4) is 0 Å². The second kappa shape index (κ2) is 11.5. The van der Waals surface area contributed by atoms with E-state index in [4.69, 9.17) is 0 Å². The van der Waals surface area contributed by atoms with Crippen molar-refractivity contribution in [3.8, 4) is 11.3 Å². The number of H-pyrrole nitrogens is 1. The van der Waals surface area contributed by atoms with E-state index in [2.05, 4.69) is 35.2 Å². The van der Waals surface area contributed by atoms with Crippen LogP contribution in [0.5, 0.6) is 0 Å². The third kappa shape index (κ3) is 6.40. The summed E-state index contributed by atoms with van der Waals surface area (Å²) in [5.41, 5.74) is 3.05. The van der Waals surface area contributed by atoms with Crippen LogP contribution in [0.15, 0.2) is 59.1 Å². The van der Waals surface area contributed by atoms with Crippen molar-refractivity contribution in [1.82, 2.24) is 29.9 Å². The van der Waals surface area contributed by atoms with Crippen molar-refractivity contribution in [1.29, 1.82) is 0 Å². The number of hydrogen-bond donors (Lipinski definition) is 4. The van der Waals surface area contributed by atoms with Crippen LogP contribution in [-0.2, 0) is 21.2 Å². The lowest BCUT2D eigenvalue weighted by molar-refractivity contribution is -0.115. The summed E-state index contributed by atoms with van der Waals surface area (Å²) < 4.78 is 28.2. The molecule has 4 heterocycles. The molecule has 12 heteroatoms. The van der Waals surface area contributed by atoms with Gasteiger partial charge in [-0.3, -0.25) is 4.79 Å². The Balaban J connectivity index is 1.16. The number of carbonyl (C=O) groups excluding carboxylic acids is 1. The molecule has 0 radical (unpaired) electrons. The number of amides is 1. The Bertz CT molecular complexity index is 1480. The number of aromatic amines is 1. The lowest BCUT2D eigenvalue weighted by Gasteiger charge is -2.27. The molecule has 4 N–H and O–H groups in total. The summed E-state index contributed by atoms with van der Waals surface area (Å²) in [6.07, 6.45) is 4.36. The maximum Gasteiger partial charge on any atom is 0.240 e. The van der Waals surface area contributed by atoms with Crippen molar-refractivity contribution in [2.45, 2.75) is 17.7 Å². The average Bonchev–Trinajstić information content (AvgIpc) is 3.54. The molecule has 3 aromatic heterocycles. The summed E-state index contributed by atoms with van der Waals surface area (Å²) in [5, 5.41) is 9.45. The molecule has 0 unspecified atom stereocenters. The molecular weight excluding hydrogens is 510 g/mol. The molecule has 0 saturated carbocycles. The van der Waals surface area contributed by atoms with Crippen molar-refractivity contribution in [2.24, 2.45) is 0 Å². The van der Waals surface area contributed by atoms with Gasteiger partial charge in [-0.15, -0.1) is 11.3 Å². The zero-order valence-corrected chi connectivity index (χ0v) is 21.9. The number of nitrogens with zero attached hydrogens (tertiary/aromatic N) is 3. The van der Waals surface area contributed by atoms with E-state index in [1.54, 1.807) is 30.5 Å². The topological polar surface area (TPSA) is 132 Å². The summed E-state index contributed by atoms with van der Waals surface area (Å²) in [4.78, 5) is 27.1. The van der Waals surface area contributed by atoms with Crippen LogP contribution in [0, 0.1) is 0 Å². The zero-order chi connectivity index (χ0) is 25.7. The lowest BCUT2D eigenvalue weighted by atomic mass is 10.1. The van der Waals surface area contributed by atoms with Gasteiger partial charge in [0.25, 0.3) is 0 Å². The minimum Gasteiger partial charge on any atom is -0.345 e. The number of rotatable bonds is 10. The molecule has 4 aromatic rings. The van der Waals surface area contributed by atoms with Crippen molar-refractivity contribution < 1.29 is 13.2 Å². The van der Waals surface area contributed by atoms with Gasteiger partial charge >= 0.3 is 0 Å². The molecule has 0 spiro atoms. The number of fused-ring (bicyclic) bond motifs is 1. The number of anilines is 1. The molecular formula is C25H29N7O3S2. The number of benzene rings is 1. The van der Waals surface area contributed by atoms with Gasteiger partial charge in [-0.2, -0.15) is 0 Å². The van der Waals surface area contributed by atoms with Crippen LogP contribution in [0.2, 0.25) is 0 Å². The number of pyridine rings is 1. The SMILES string of the molecule is O=C(Cc1cccc(S(=O)(=O)NCCCN2CCNCC2)c1)Nc1nc(-c2c[nH]c3ncccc23)cs1. The van der Waals surface area contributed by atoms with E-state index in [-0.39, 0.29) is 17.2 Å². The van der Waals surface area contributed by atoms with Crippen LogP contribution in [-0.4, -0.2) is 73.4 Å². The van der Waals surface area contributed by atoms with Crippen molar-refractivity contribution >= 4 is 43.4 Å². The van der Waals surface area contributed by atoms with Gasteiger partial charge in [-0.1, -0.05) is 12.1 Å². The van der Waals surface area contributed by atoms with Gasteiger partial charge in [-0.05, 0) is 42.8 Å². The average molecular weight is 540 g/mol. The fraction of sp³-hybridized carbons (Fsp3) is 0.320. The van der Waals surface area contributed by atoms with Crippen LogP contribution < -0.4 is 15.4 Å². The summed E-state index contributed by atoms with van der Waals surface area (Å²) in [6.45, 7) is 5.14. The Morgan fingerprint density at radius 3 is 2.89 bits per heavy atom. The van der Waals surface area contributed by atoms with Gasteiger partial charge in [0.05, 0.1) is 17.0 Å². The molecule has 1 saturated heterocycles. The maximum atomic E-state index is 12.8. The van der Waals surface area contributed by atoms with E-state index in [0.717, 1.165) is 61.4 Å². The Labute approximate surface area is 219 Å². The Morgan fingerprint density at radius 2 is 2.03 bits per heavy atom. The number of carbonyl (C=O) groups is 1. The van der Waals surface area contributed by atoms with E-state index in [1.807, 2.05) is 23.7 Å². The number of sulfonamides is 1. The third-order valence-corrected chi connectivity index (χ3v) is 8.42. The van der Waals surface area contributed by atoms with Gasteiger partial charge < -0.3 is 20.5 Å². The molecule has 10 nitrogen and oxygen atoms in total. The lowest BCUT2D eigenvalue weighted by Crippen LogP contribution is -2.44. The standard InChI is InChI=1S/C25H29N7O3S2/c33-23(31-25-30-22(17-36-25)21-16-28-24-20(21)6-2-7-27-24)15-18-4-1-5-19(14-18)37(34,35)29-8-3-11-32-12-9-26-10-13-32/h1-2,4-7,14,16-17,26,29H,3,8-13,15H2,(H,27,28)(H,30,31,33). The molecule has 0 bridgehead atoms. The molecule has 1 aliphatic rings. The second-order valence-electron chi connectivity index (χ2n) is 8.86. The zero-order valence-electron chi connectivity index (χ0n) is 20.2. The number of aromatic nitrogens is 3. The van der Waals surface area contributed by atoms with Crippen molar-refractivity contribution in [3.63, 3.8) is 0 Å². The first-order valence-electron chi connectivity index (χ1n) is 12.2. The molecule has 1 fully saturated rings. The highest BCUT2D eigenvalue weighted by Crippen LogP contribution is 2.30. The van der Waals surface area contributed by atoms with E-state index >= 15 is 0 Å². The summed E-state index contributed by atoms with van der Waals surface area (Å²) in [5.74, 6) is -0.264. The van der Waals surface area contributed by atoms with Crippen molar-refractivity contribution in [3.05, 3.63) is 59.7 Å². The van der Waals surface area contributed by atoms with Gasteiger partial charge in [-0.25, -0.2) is 23.1 Å². The minimum absolute atomic E-state index is 0.0400. The number of thiazole rings is 1. The first kappa shape index (κ1) is 25.5. The van der Waals surface area contributed by atoms with E-state index in [0.29, 0.717) is 17.2 Å². The third-order valence-electron chi connectivity index (χ3n) is 6.20. The van der Waals surface area contributed by atoms with Gasteiger partial charge in [0.2, 0.25) is 15.9 Å². The summed E-state index contributed by atoms with van der Waals surface area (Å²) >= 11 is 1.33. The first-order valence-corrected chi connectivity index (χ1v) is 14.5. The smallest absolute Gasteiger partial charge is 0.240 e. The number of piperazine rings is 1. The van der Waals surface area contributed by atoms with Crippen molar-refractivity contribution in [2.75, 3.05) is 44.6 Å². The molecule has 0 aliphatic carbocycles. The minimum atomic E-state index is -3.65. The predicted octanol–water partition coefficient (Wildman–Crippen LogP) is 2.44. The highest BCUT2D eigenvalue weighted by molar-refractivity contribution is 7.89. The molecule has 37 heavy (non-hydrogen) atoms. The first-order chi connectivity index (χ1) is 18.0. The Morgan fingerprint density at radius 1 is 1.16 bits per heavy atom. The normalized spacial score (nSPS) is 14.7. The van der Waals surface area contributed by atoms with E-state index in [9.17, 15) is 13.2 Å². The maximum absolute atomic E-state index is 12.8. The molecule has 1 aliphatic heterocycles. The van der Waals surface area contributed by atoms with Gasteiger partial charge in [0.1, 0.15) is 5.65 Å². The summed E-state index contributed by atoms with van der Waals surface area (Å²) in [7, 11) is -3.65. The second-order valence-corrected chi connectivity index (χ2v) is 11.5. The van der Waals surface area contributed by atoms with Gasteiger partial charge in [0.15, 0.2) is 5.13 Å². The largest absolute Gasteiger partial charge is 0.345 e. The molecule has 194 valence electrons. The van der Waals surface area contributed by atoms with Crippen LogP contribution >= 0.6 is 11.3 Å². The van der Waals surface area contributed by atoms with Crippen LogP contribution in [0.25, 0.3) is 22.3 Å². The highest BCUT2D eigenvalue weighted by atomic mass is 32.2. The molecule has 0 atom stereocenters. The fourth-order valence-electron chi connectivity index (χ4n) is 4.32. The summed E-state index contributed by atoms with van der Waals surface area (Å²) in [6, 6.07) is 10.3. The highest BCUT2D eigenvalue weighted by Gasteiger charge is 2.17. The van der Waals surface area contributed by atoms with E-state index in [1.165, 1.54) is 11.3 Å². The predicted molar refractivity (Wildman–Crippen MR) is 145 cm³/mol. The molecule has 1 amide bonds. The van der Waals surface area contributed by atoms with Gasteiger partial charge in [0, 0.05) is 61.4 Å². The number of nitrogens with one attached hydrogen (secondary N) is 4. The Kier molecular flexibility index (Phi) is 7.91. The van der Waals surface area contributed by atoms with Crippen LogP contribution in [0.1, 0.15) is 12.0 Å². The Hall–Kier alpha value is -3.16. The quantitative estimate of drug-likeness (QED) is 0.228. The fourth-order valence-corrected chi connectivity index (χ4v) is 6.19. The monoisotopic (exact) mass is 539 g/mol. The van der Waals surface area contributed by atoms with Crippen LogP contribution in [0.4, 0.5) is 5.13 Å². The van der Waals surface area contributed by atoms with E-state index < -0.39 is 10.0 Å². The molecule has 1 aromatic carbocycles.